The van der Waals surface area contributed by atoms with Crippen LogP contribution in [0.1, 0.15) is 18.1 Å². The van der Waals surface area contributed by atoms with Crippen molar-refractivity contribution in [3.05, 3.63) is 35.4 Å². The van der Waals surface area contributed by atoms with Gasteiger partial charge in [-0.05, 0) is 17.5 Å². The first-order chi connectivity index (χ1) is 9.22. The minimum Gasteiger partial charge on any atom is -0.214 e. The first-order valence-electron chi connectivity index (χ1n) is 6.21. The van der Waals surface area contributed by atoms with Crippen LogP contribution in [0.15, 0.2) is 24.3 Å². The average molecular weight is 320 g/mol. The fourth-order valence-corrected chi connectivity index (χ4v) is 3.20. The van der Waals surface area contributed by atoms with Crippen LogP contribution in [0.5, 0.6) is 0 Å². The van der Waals surface area contributed by atoms with E-state index in [-0.39, 0.29) is 18.8 Å². The van der Waals surface area contributed by atoms with E-state index >= 15 is 0 Å². The third-order valence-electron chi connectivity index (χ3n) is 2.60. The predicted octanol–water partition coefficient (Wildman–Crippen LogP) is 0.218. The van der Waals surface area contributed by atoms with Gasteiger partial charge in [0.2, 0.25) is 20.0 Å². The Balaban J connectivity index is 2.48. The molecule has 20 heavy (non-hydrogen) atoms. The number of nitrogens with one attached hydrogen (secondary N) is 2. The van der Waals surface area contributed by atoms with E-state index in [2.05, 4.69) is 9.44 Å². The zero-order valence-electron chi connectivity index (χ0n) is 11.6. The molecular weight excluding hydrogens is 300 g/mol. The van der Waals surface area contributed by atoms with Gasteiger partial charge in [0.15, 0.2) is 0 Å². The van der Waals surface area contributed by atoms with Crippen molar-refractivity contribution in [2.24, 2.45) is 0 Å². The second-order valence-corrected chi connectivity index (χ2v) is 8.13. The van der Waals surface area contributed by atoms with Crippen LogP contribution in [0.2, 0.25) is 0 Å². The molecule has 1 aromatic rings. The maximum absolute atomic E-state index is 11.8. The van der Waals surface area contributed by atoms with E-state index in [1.54, 1.807) is 12.1 Å². The minimum absolute atomic E-state index is 0.0302. The maximum Gasteiger partial charge on any atom is 0.215 e. The number of hydrogen-bond donors (Lipinski definition) is 2. The molecule has 0 aliphatic rings. The lowest BCUT2D eigenvalue weighted by Gasteiger charge is -2.07. The molecule has 0 aromatic heterocycles. The predicted molar refractivity (Wildman–Crippen MR) is 79.3 cm³/mol. The molecule has 114 valence electrons. The van der Waals surface area contributed by atoms with Crippen LogP contribution in [-0.4, -0.2) is 36.2 Å². The number of aryl methyl sites for hydroxylation is 1. The average Bonchev–Trinajstić information content (AvgIpc) is 2.34. The Bertz CT molecular complexity index is 622. The van der Waals surface area contributed by atoms with Crippen LogP contribution in [0.3, 0.4) is 0 Å². The highest BCUT2D eigenvalue weighted by Gasteiger charge is 2.11. The standard InChI is InChI=1S/C12H20N2O4S2/c1-3-11-4-6-12(7-5-11)10-20(17,18)14-9-8-13-19(2,15)16/h4-7,13-14H,3,8-10H2,1-2H3. The number of hydrogen-bond acceptors (Lipinski definition) is 4. The van der Waals surface area contributed by atoms with Gasteiger partial charge in [-0.1, -0.05) is 31.2 Å². The van der Waals surface area contributed by atoms with Gasteiger partial charge in [-0.25, -0.2) is 26.3 Å². The first kappa shape index (κ1) is 17.1. The molecular formula is C12H20N2O4S2. The van der Waals surface area contributed by atoms with Crippen LogP contribution >= 0.6 is 0 Å². The normalized spacial score (nSPS) is 12.5. The number of rotatable bonds is 8. The Morgan fingerprint density at radius 2 is 1.40 bits per heavy atom. The van der Waals surface area contributed by atoms with Crippen molar-refractivity contribution in [3.63, 3.8) is 0 Å². The number of benzene rings is 1. The molecule has 8 heteroatoms. The summed E-state index contributed by atoms with van der Waals surface area (Å²) in [5.41, 5.74) is 1.85. The second kappa shape index (κ2) is 7.16. The summed E-state index contributed by atoms with van der Waals surface area (Å²) in [6, 6.07) is 7.37. The molecule has 6 nitrogen and oxygen atoms in total. The lowest BCUT2D eigenvalue weighted by Crippen LogP contribution is -2.34. The van der Waals surface area contributed by atoms with Crippen LogP contribution in [0, 0.1) is 0 Å². The summed E-state index contributed by atoms with van der Waals surface area (Å²) in [5.74, 6) is -0.115. The molecule has 0 unspecified atom stereocenters. The van der Waals surface area contributed by atoms with Gasteiger partial charge in [0.05, 0.1) is 12.0 Å². The Kier molecular flexibility index (Phi) is 6.12. The molecule has 0 radical (unpaired) electrons. The van der Waals surface area contributed by atoms with Crippen molar-refractivity contribution in [3.8, 4) is 0 Å². The summed E-state index contributed by atoms with van der Waals surface area (Å²) in [6.07, 6.45) is 1.93. The van der Waals surface area contributed by atoms with E-state index in [1.165, 1.54) is 0 Å². The Hall–Kier alpha value is -0.960. The molecule has 0 aliphatic carbocycles. The van der Waals surface area contributed by atoms with E-state index in [0.717, 1.165) is 18.2 Å². The van der Waals surface area contributed by atoms with Crippen LogP contribution < -0.4 is 9.44 Å². The third-order valence-corrected chi connectivity index (χ3v) is 4.68. The molecule has 0 saturated carbocycles. The monoisotopic (exact) mass is 320 g/mol. The summed E-state index contributed by atoms with van der Waals surface area (Å²) in [5, 5.41) is 0. The van der Waals surface area contributed by atoms with Crippen molar-refractivity contribution in [1.82, 2.24) is 9.44 Å². The SMILES string of the molecule is CCc1ccc(CS(=O)(=O)NCCNS(C)(=O)=O)cc1. The summed E-state index contributed by atoms with van der Waals surface area (Å²) >= 11 is 0. The highest BCUT2D eigenvalue weighted by molar-refractivity contribution is 7.89. The third kappa shape index (κ3) is 6.99. The lowest BCUT2D eigenvalue weighted by molar-refractivity contribution is 0.572. The van der Waals surface area contributed by atoms with E-state index in [4.69, 9.17) is 0 Å². The second-order valence-electron chi connectivity index (χ2n) is 4.49. The van der Waals surface area contributed by atoms with Crippen molar-refractivity contribution < 1.29 is 16.8 Å². The maximum atomic E-state index is 11.8. The van der Waals surface area contributed by atoms with Crippen molar-refractivity contribution in [2.45, 2.75) is 19.1 Å². The molecule has 1 aromatic carbocycles. The Labute approximate surface area is 120 Å². The van der Waals surface area contributed by atoms with Gasteiger partial charge in [-0.3, -0.25) is 0 Å². The topological polar surface area (TPSA) is 92.3 Å². The van der Waals surface area contributed by atoms with Gasteiger partial charge in [0.25, 0.3) is 0 Å². The van der Waals surface area contributed by atoms with Gasteiger partial charge in [-0.15, -0.1) is 0 Å². The van der Waals surface area contributed by atoms with E-state index in [9.17, 15) is 16.8 Å². The van der Waals surface area contributed by atoms with E-state index < -0.39 is 20.0 Å². The van der Waals surface area contributed by atoms with Crippen molar-refractivity contribution in [2.75, 3.05) is 19.3 Å². The summed E-state index contributed by atoms with van der Waals surface area (Å²) in [6.45, 7) is 2.09. The number of sulfonamides is 2. The smallest absolute Gasteiger partial charge is 0.214 e. The zero-order valence-corrected chi connectivity index (χ0v) is 13.2. The van der Waals surface area contributed by atoms with Gasteiger partial charge in [0, 0.05) is 13.1 Å². The largest absolute Gasteiger partial charge is 0.215 e. The van der Waals surface area contributed by atoms with Gasteiger partial charge in [-0.2, -0.15) is 0 Å². The fourth-order valence-electron chi connectivity index (χ4n) is 1.58. The summed E-state index contributed by atoms with van der Waals surface area (Å²) in [4.78, 5) is 0. The van der Waals surface area contributed by atoms with Crippen LogP contribution in [0.25, 0.3) is 0 Å². The van der Waals surface area contributed by atoms with Gasteiger partial charge < -0.3 is 0 Å². The highest BCUT2D eigenvalue weighted by atomic mass is 32.2. The van der Waals surface area contributed by atoms with Crippen LogP contribution in [-0.2, 0) is 32.2 Å². The fraction of sp³-hybridized carbons (Fsp3) is 0.500. The molecule has 2 N–H and O–H groups in total. The molecule has 0 heterocycles. The van der Waals surface area contributed by atoms with E-state index in [0.29, 0.717) is 5.56 Å². The molecule has 1 rings (SSSR count). The zero-order chi connectivity index (χ0) is 15.2. The molecule has 0 amide bonds. The van der Waals surface area contributed by atoms with Crippen molar-refractivity contribution >= 4 is 20.0 Å². The molecule has 0 saturated heterocycles. The Morgan fingerprint density at radius 3 is 1.90 bits per heavy atom. The summed E-state index contributed by atoms with van der Waals surface area (Å²) in [7, 11) is -6.75. The van der Waals surface area contributed by atoms with Crippen molar-refractivity contribution in [1.29, 1.82) is 0 Å². The van der Waals surface area contributed by atoms with Gasteiger partial charge >= 0.3 is 0 Å². The molecule has 0 aliphatic heterocycles. The molecule has 0 spiro atoms. The molecule has 0 atom stereocenters. The van der Waals surface area contributed by atoms with Gasteiger partial charge in [0.1, 0.15) is 0 Å². The first-order valence-corrected chi connectivity index (χ1v) is 9.76. The van der Waals surface area contributed by atoms with E-state index in [1.807, 2.05) is 19.1 Å². The quantitative estimate of drug-likeness (QED) is 0.670. The Morgan fingerprint density at radius 1 is 0.900 bits per heavy atom. The minimum atomic E-state index is -3.46. The lowest BCUT2D eigenvalue weighted by atomic mass is 10.1. The van der Waals surface area contributed by atoms with Crippen LogP contribution in [0.4, 0.5) is 0 Å². The molecule has 0 bridgehead atoms. The molecule has 0 fully saturated rings. The highest BCUT2D eigenvalue weighted by Crippen LogP contribution is 2.08. The summed E-state index contributed by atoms with van der Waals surface area (Å²) < 4.78 is 49.8.